The number of aromatic nitrogens is 3. The van der Waals surface area contributed by atoms with Crippen molar-refractivity contribution in [3.8, 4) is 0 Å². The molecule has 6 atom stereocenters. The minimum Gasteiger partial charge on any atom is -0.396 e. The first kappa shape index (κ1) is 76.2. The van der Waals surface area contributed by atoms with Gasteiger partial charge in [-0.1, -0.05) is 157 Å². The van der Waals surface area contributed by atoms with Crippen LogP contribution in [0.25, 0.3) is 0 Å². The van der Waals surface area contributed by atoms with E-state index in [1.54, 1.807) is 7.11 Å². The fourth-order valence-electron chi connectivity index (χ4n) is 8.48. The van der Waals surface area contributed by atoms with E-state index in [0.29, 0.717) is 81.7 Å². The van der Waals surface area contributed by atoms with Crippen LogP contribution in [0, 0.1) is 84.9 Å². The van der Waals surface area contributed by atoms with Gasteiger partial charge < -0.3 is 14.6 Å². The monoisotopic (exact) mass is 1140 g/mol. The maximum Gasteiger partial charge on any atom is 0.150 e. The Hall–Kier alpha value is -2.81. The Morgan fingerprint density at radius 1 is 0.658 bits per heavy atom. The zero-order valence-corrected chi connectivity index (χ0v) is 56.5. The highest BCUT2D eigenvalue weighted by Gasteiger charge is 2.40. The van der Waals surface area contributed by atoms with E-state index in [-0.39, 0.29) is 17.9 Å². The molecule has 0 radical (unpaired) electrons. The summed E-state index contributed by atoms with van der Waals surface area (Å²) in [5.74, 6) is 8.48. The quantitative estimate of drug-likeness (QED) is 0.155. The van der Waals surface area contributed by atoms with Crippen molar-refractivity contribution in [2.24, 2.45) is 64.1 Å². The molecule has 0 bridgehead atoms. The summed E-state index contributed by atoms with van der Waals surface area (Å²) in [6.07, 6.45) is 7.54. The zero-order valence-electron chi connectivity index (χ0n) is 54.8. The van der Waals surface area contributed by atoms with Crippen LogP contribution in [0.3, 0.4) is 0 Å². The molecule has 6 rings (SSSR count). The molecule has 6 heterocycles. The number of morpholine rings is 1. The Balaban J connectivity index is 0.000000903. The number of hydrogen-bond donors (Lipinski definition) is 1. The fourth-order valence-corrected chi connectivity index (χ4v) is 12.9. The van der Waals surface area contributed by atoms with E-state index in [4.69, 9.17) is 9.47 Å². The molecule has 11 nitrogen and oxygen atoms in total. The van der Waals surface area contributed by atoms with Crippen LogP contribution in [-0.4, -0.2) is 118 Å². The molecule has 0 spiro atoms. The highest BCUT2D eigenvalue weighted by Crippen LogP contribution is 2.38. The van der Waals surface area contributed by atoms with Crippen molar-refractivity contribution in [2.75, 3.05) is 76.2 Å². The molecule has 13 heteroatoms. The maximum atomic E-state index is 11.2. The number of pyridine rings is 3. The van der Waals surface area contributed by atoms with Gasteiger partial charge in [0, 0.05) is 74.9 Å². The average molecular weight is 1150 g/mol. The third-order valence-corrected chi connectivity index (χ3v) is 21.0. The van der Waals surface area contributed by atoms with Gasteiger partial charge in [0.15, 0.2) is 19.7 Å². The molecule has 0 amide bonds. The predicted octanol–water partition coefficient (Wildman–Crippen LogP) is 14.9. The zero-order chi connectivity index (χ0) is 61.1. The number of methoxy groups -OCH3 is 1. The van der Waals surface area contributed by atoms with Gasteiger partial charge in [0.1, 0.15) is 0 Å². The van der Waals surface area contributed by atoms with Gasteiger partial charge in [-0.05, 0) is 144 Å². The number of sulfone groups is 2. The molecule has 3 aromatic heterocycles. The summed E-state index contributed by atoms with van der Waals surface area (Å²) in [6, 6.07) is 12.5. The molecule has 0 saturated carbocycles. The number of nitrogens with zero attached hydrogens (tertiary/aromatic N) is 4. The Kier molecular flexibility index (Phi) is 36.1. The molecule has 3 aliphatic heterocycles. The lowest BCUT2D eigenvalue weighted by atomic mass is 9.79. The minimum absolute atomic E-state index is 0.0405. The van der Waals surface area contributed by atoms with Crippen LogP contribution < -0.4 is 0 Å². The Morgan fingerprint density at radius 3 is 1.34 bits per heavy atom. The second-order valence-electron chi connectivity index (χ2n) is 26.6. The number of aliphatic hydroxyl groups is 1. The van der Waals surface area contributed by atoms with E-state index in [9.17, 15) is 21.9 Å². The van der Waals surface area contributed by atoms with Crippen molar-refractivity contribution in [3.05, 3.63) is 88.8 Å². The number of hydrogen-bond acceptors (Lipinski definition) is 11. The average Bonchev–Trinajstić information content (AvgIpc) is 3.90. The lowest BCUT2D eigenvalue weighted by molar-refractivity contribution is 0.0137. The van der Waals surface area contributed by atoms with Gasteiger partial charge in [-0.15, -0.1) is 0 Å². The standard InChI is InChI=1S/C11H23NO.C11H17NO.2C11H17N.C8H16O2S.C7H14O2S.C7H16O/c1-10(2)11(3,4)9-12-5-7-13-8-6-12;1-8(2)11(7-13)10-5-4-9(3)12-6-10;2*1-8(2)10(4)11-6-5-9(3)12-7-11;1-7(2)8(3)4-5-11(9,10)6-8;1-6(2)7-3-4-10(8,9)5-7;1-6(2)7(3)5-8-4/h10H,5-9H2,1-4H3;4-6,8,11,13H,7H2,1-3H3;2*5-8,10H,1-4H3;7H,4-6H2,1-3H3;6-7H,3-5H2,1-2H3;6-7H,5H2,1-4H3/t;11-;2*10-;;;/m.010.../s1. The van der Waals surface area contributed by atoms with E-state index in [1.807, 2.05) is 51.5 Å². The second-order valence-corrected chi connectivity index (χ2v) is 31.0. The molecular formula is C66H120N4O7S2. The first-order valence-electron chi connectivity index (χ1n) is 30.0. The van der Waals surface area contributed by atoms with E-state index < -0.39 is 19.7 Å². The van der Waals surface area contributed by atoms with Gasteiger partial charge in [0.05, 0.1) is 42.8 Å². The summed E-state index contributed by atoms with van der Waals surface area (Å²) in [6.45, 7) is 56.4. The minimum atomic E-state index is -2.70. The van der Waals surface area contributed by atoms with Gasteiger partial charge in [-0.25, -0.2) is 16.8 Å². The molecular weight excluding hydrogens is 1020 g/mol. The van der Waals surface area contributed by atoms with Crippen molar-refractivity contribution < 1.29 is 31.4 Å². The smallest absolute Gasteiger partial charge is 0.150 e. The molecule has 3 fully saturated rings. The lowest BCUT2D eigenvalue weighted by Gasteiger charge is -2.37. The normalized spacial score (nSPS) is 20.2. The van der Waals surface area contributed by atoms with E-state index in [2.05, 4.69) is 183 Å². The molecule has 1 N–H and O–H groups in total. The maximum absolute atomic E-state index is 11.2. The molecule has 79 heavy (non-hydrogen) atoms. The summed E-state index contributed by atoms with van der Waals surface area (Å²) in [5, 5.41) is 9.19. The number of aliphatic hydroxyl groups excluding tert-OH is 1. The topological polar surface area (TPSA) is 149 Å². The van der Waals surface area contributed by atoms with Crippen LogP contribution in [0.15, 0.2) is 55.0 Å². The Morgan fingerprint density at radius 2 is 1.10 bits per heavy atom. The van der Waals surface area contributed by atoms with Crippen LogP contribution in [0.4, 0.5) is 0 Å². The largest absolute Gasteiger partial charge is 0.396 e. The first-order valence-corrected chi connectivity index (χ1v) is 33.7. The Bertz CT molecular complexity index is 2200. The molecule has 3 saturated heterocycles. The van der Waals surface area contributed by atoms with Crippen LogP contribution in [0.5, 0.6) is 0 Å². The number of aryl methyl sites for hydroxylation is 3. The van der Waals surface area contributed by atoms with Crippen molar-refractivity contribution in [2.45, 2.75) is 190 Å². The van der Waals surface area contributed by atoms with Crippen LogP contribution in [0.2, 0.25) is 0 Å². The summed E-state index contributed by atoms with van der Waals surface area (Å²) >= 11 is 0. The van der Waals surface area contributed by atoms with Crippen molar-refractivity contribution >= 4 is 19.7 Å². The van der Waals surface area contributed by atoms with Crippen LogP contribution in [-0.2, 0) is 29.1 Å². The predicted molar refractivity (Wildman–Crippen MR) is 338 cm³/mol. The number of ether oxygens (including phenoxy) is 2. The van der Waals surface area contributed by atoms with E-state index >= 15 is 0 Å². The molecule has 0 aromatic carbocycles. The van der Waals surface area contributed by atoms with Gasteiger partial charge in [0.25, 0.3) is 0 Å². The van der Waals surface area contributed by atoms with Gasteiger partial charge in [0.2, 0.25) is 0 Å². The second kappa shape index (κ2) is 37.4. The molecule has 3 unspecified atom stereocenters. The SMILES string of the molecule is CC(C)C(C)(C)CN1CCOCC1.CC(C)C1(C)CCS(=O)(=O)C1.CC(C)C1CCS(=O)(=O)C1.COCC(C)C(C)C.Cc1ccc([C@@H](C)C(C)C)cn1.Cc1ccc([C@@H](CO)C(C)C)cn1.Cc1ccc([C@H](C)C(C)C)cn1. The summed E-state index contributed by atoms with van der Waals surface area (Å²) in [4.78, 5) is 15.3. The van der Waals surface area contributed by atoms with Gasteiger partial charge >= 0.3 is 0 Å². The fraction of sp³-hybridized carbons (Fsp3) is 0.773. The van der Waals surface area contributed by atoms with E-state index in [0.717, 1.165) is 80.2 Å². The summed E-state index contributed by atoms with van der Waals surface area (Å²) in [5.41, 5.74) is 7.49. The van der Waals surface area contributed by atoms with Gasteiger partial charge in [-0.3, -0.25) is 19.9 Å². The van der Waals surface area contributed by atoms with Gasteiger partial charge in [-0.2, -0.15) is 0 Å². The summed E-state index contributed by atoms with van der Waals surface area (Å²) < 4.78 is 54.5. The van der Waals surface area contributed by atoms with Crippen molar-refractivity contribution in [1.82, 2.24) is 19.9 Å². The molecule has 3 aliphatic rings. The van der Waals surface area contributed by atoms with Crippen LogP contribution >= 0.6 is 0 Å². The van der Waals surface area contributed by atoms with E-state index in [1.165, 1.54) is 17.7 Å². The highest BCUT2D eigenvalue weighted by molar-refractivity contribution is 7.91. The number of rotatable bonds is 15. The third kappa shape index (κ3) is 31.4. The molecule has 3 aromatic rings. The Labute approximate surface area is 487 Å². The molecule has 0 aliphatic carbocycles. The lowest BCUT2D eigenvalue weighted by Crippen LogP contribution is -2.43. The van der Waals surface area contributed by atoms with Crippen LogP contribution in [0.1, 0.15) is 203 Å². The third-order valence-electron chi connectivity index (χ3n) is 17.3. The highest BCUT2D eigenvalue weighted by atomic mass is 32.2. The first-order chi connectivity index (χ1) is 36.4. The van der Waals surface area contributed by atoms with Crippen molar-refractivity contribution in [1.29, 1.82) is 0 Å². The molecule has 458 valence electrons. The summed E-state index contributed by atoms with van der Waals surface area (Å²) in [7, 11) is -3.59. The van der Waals surface area contributed by atoms with Crippen molar-refractivity contribution in [3.63, 3.8) is 0 Å².